The fourth-order valence-corrected chi connectivity index (χ4v) is 3.47. The number of ether oxygens (including phenoxy) is 1. The maximum absolute atomic E-state index is 5.98. The first-order valence-electron chi connectivity index (χ1n) is 9.99. The predicted octanol–water partition coefficient (Wildman–Crippen LogP) is 3.89. The lowest BCUT2D eigenvalue weighted by Gasteiger charge is -2.22. The van der Waals surface area contributed by atoms with Crippen molar-refractivity contribution in [1.29, 1.82) is 0 Å². The molecule has 1 saturated carbocycles. The van der Waals surface area contributed by atoms with E-state index in [9.17, 15) is 0 Å². The molecule has 1 aromatic carbocycles. The third-order valence-electron chi connectivity index (χ3n) is 4.96. The van der Waals surface area contributed by atoms with Gasteiger partial charge in [-0.1, -0.05) is 37.5 Å². The summed E-state index contributed by atoms with van der Waals surface area (Å²) < 4.78 is 8.00. The molecule has 28 heavy (non-hydrogen) atoms. The van der Waals surface area contributed by atoms with Gasteiger partial charge in [-0.3, -0.25) is 4.99 Å². The normalized spacial score (nSPS) is 15.1. The highest BCUT2D eigenvalue weighted by molar-refractivity contribution is 14.0. The van der Waals surface area contributed by atoms with Crippen LogP contribution in [-0.2, 0) is 11.3 Å². The number of guanidine groups is 1. The van der Waals surface area contributed by atoms with E-state index in [1.54, 1.807) is 13.2 Å². The van der Waals surface area contributed by atoms with Crippen molar-refractivity contribution in [2.45, 2.75) is 51.2 Å². The highest BCUT2D eigenvalue weighted by Crippen LogP contribution is 2.20. The number of aliphatic imine (C=N–C) groups is 1. The highest BCUT2D eigenvalue weighted by Gasteiger charge is 2.13. The summed E-state index contributed by atoms with van der Waals surface area (Å²) >= 11 is 0. The largest absolute Gasteiger partial charge is 0.378 e. The Balaban J connectivity index is 0.00000280. The number of nitrogens with one attached hydrogen (secondary N) is 2. The Morgan fingerprint density at radius 1 is 1.21 bits per heavy atom. The van der Waals surface area contributed by atoms with Gasteiger partial charge in [0.25, 0.3) is 0 Å². The van der Waals surface area contributed by atoms with Gasteiger partial charge in [-0.2, -0.15) is 0 Å². The number of halogens is 1. The van der Waals surface area contributed by atoms with Crippen LogP contribution < -0.4 is 10.6 Å². The van der Waals surface area contributed by atoms with Gasteiger partial charge in [0.15, 0.2) is 5.96 Å². The summed E-state index contributed by atoms with van der Waals surface area (Å²) in [4.78, 5) is 8.45. The number of aromatic nitrogens is 2. The molecular formula is C21H32IN5O. The first-order valence-corrected chi connectivity index (χ1v) is 9.99. The van der Waals surface area contributed by atoms with Crippen LogP contribution in [0.2, 0.25) is 0 Å². The zero-order valence-electron chi connectivity index (χ0n) is 16.6. The Bertz CT molecular complexity index is 699. The zero-order chi connectivity index (χ0) is 18.7. The van der Waals surface area contributed by atoms with E-state index in [0.717, 1.165) is 31.2 Å². The molecule has 0 bridgehead atoms. The number of benzene rings is 1. The van der Waals surface area contributed by atoms with Gasteiger partial charge >= 0.3 is 0 Å². The molecule has 7 heteroatoms. The molecular weight excluding hydrogens is 465 g/mol. The van der Waals surface area contributed by atoms with Gasteiger partial charge in [-0.25, -0.2) is 4.98 Å². The van der Waals surface area contributed by atoms with Crippen LogP contribution in [-0.4, -0.2) is 41.8 Å². The molecule has 0 saturated heterocycles. The molecule has 2 N–H and O–H groups in total. The minimum Gasteiger partial charge on any atom is -0.378 e. The van der Waals surface area contributed by atoms with Gasteiger partial charge in [0.2, 0.25) is 0 Å². The minimum atomic E-state index is 0. The monoisotopic (exact) mass is 497 g/mol. The number of nitrogens with zero attached hydrogens (tertiary/aromatic N) is 3. The lowest BCUT2D eigenvalue weighted by atomic mass is 9.98. The molecule has 1 fully saturated rings. The molecule has 1 aliphatic carbocycles. The number of hydrogen-bond acceptors (Lipinski definition) is 3. The predicted molar refractivity (Wildman–Crippen MR) is 125 cm³/mol. The van der Waals surface area contributed by atoms with E-state index in [0.29, 0.717) is 12.6 Å². The van der Waals surface area contributed by atoms with Crippen LogP contribution in [0.5, 0.6) is 0 Å². The molecule has 6 nitrogen and oxygen atoms in total. The van der Waals surface area contributed by atoms with Crippen molar-refractivity contribution in [2.24, 2.45) is 4.99 Å². The standard InChI is InChI=1S/C21H31N5O.HI/c1-22-21(24-12-7-15-27-19-9-3-2-4-10-19)25-16-18-8-5-6-11-20(18)26-14-13-23-17-26;/h5-6,8,11,13-14,17,19H,2-4,7,9-10,12,15-16H2,1H3,(H2,22,24,25);1H. The van der Waals surface area contributed by atoms with E-state index < -0.39 is 0 Å². The number of rotatable bonds is 8. The fraction of sp³-hybridized carbons (Fsp3) is 0.524. The van der Waals surface area contributed by atoms with Crippen molar-refractivity contribution in [3.63, 3.8) is 0 Å². The summed E-state index contributed by atoms with van der Waals surface area (Å²) in [6.07, 6.45) is 13.5. The molecule has 154 valence electrons. The molecule has 1 aromatic heterocycles. The SMILES string of the molecule is CN=C(NCCCOC1CCCCC1)NCc1ccccc1-n1ccnc1.I. The first kappa shape index (κ1) is 22.7. The van der Waals surface area contributed by atoms with Crippen molar-refractivity contribution >= 4 is 29.9 Å². The lowest BCUT2D eigenvalue weighted by Crippen LogP contribution is -2.37. The summed E-state index contributed by atoms with van der Waals surface area (Å²) in [7, 11) is 1.80. The van der Waals surface area contributed by atoms with Gasteiger partial charge in [0, 0.05) is 39.1 Å². The van der Waals surface area contributed by atoms with Crippen LogP contribution in [0.25, 0.3) is 5.69 Å². The fourth-order valence-electron chi connectivity index (χ4n) is 3.47. The minimum absolute atomic E-state index is 0. The maximum atomic E-state index is 5.98. The molecule has 0 spiro atoms. The average molecular weight is 497 g/mol. The van der Waals surface area contributed by atoms with Crippen molar-refractivity contribution in [3.05, 3.63) is 48.5 Å². The summed E-state index contributed by atoms with van der Waals surface area (Å²) in [6.45, 7) is 2.38. The van der Waals surface area contributed by atoms with Gasteiger partial charge in [0.1, 0.15) is 0 Å². The Morgan fingerprint density at radius 2 is 2.04 bits per heavy atom. The van der Waals surface area contributed by atoms with E-state index in [-0.39, 0.29) is 24.0 Å². The molecule has 0 radical (unpaired) electrons. The van der Waals surface area contributed by atoms with Gasteiger partial charge in [0.05, 0.1) is 18.1 Å². The average Bonchev–Trinajstić information content (AvgIpc) is 3.26. The Morgan fingerprint density at radius 3 is 2.79 bits per heavy atom. The Kier molecular flexibility index (Phi) is 10.3. The molecule has 0 atom stereocenters. The maximum Gasteiger partial charge on any atom is 0.191 e. The van der Waals surface area contributed by atoms with Crippen LogP contribution in [0.4, 0.5) is 0 Å². The molecule has 1 heterocycles. The van der Waals surface area contributed by atoms with Crippen LogP contribution in [0.15, 0.2) is 48.0 Å². The molecule has 1 aliphatic rings. The van der Waals surface area contributed by atoms with Crippen LogP contribution >= 0.6 is 24.0 Å². The first-order chi connectivity index (χ1) is 13.4. The van der Waals surface area contributed by atoms with E-state index >= 15 is 0 Å². The molecule has 2 aromatic rings. The Labute approximate surface area is 185 Å². The second kappa shape index (κ2) is 12.8. The molecule has 0 unspecified atom stereocenters. The smallest absolute Gasteiger partial charge is 0.191 e. The van der Waals surface area contributed by atoms with Gasteiger partial charge in [-0.05, 0) is 30.9 Å². The summed E-state index contributed by atoms with van der Waals surface area (Å²) in [6, 6.07) is 8.31. The lowest BCUT2D eigenvalue weighted by molar-refractivity contribution is 0.0277. The summed E-state index contributed by atoms with van der Waals surface area (Å²) in [5.74, 6) is 0.813. The molecule has 0 aliphatic heterocycles. The summed E-state index contributed by atoms with van der Waals surface area (Å²) in [5, 5.41) is 6.76. The van der Waals surface area contributed by atoms with Gasteiger partial charge in [-0.15, -0.1) is 24.0 Å². The van der Waals surface area contributed by atoms with E-state index in [2.05, 4.69) is 38.8 Å². The number of hydrogen-bond donors (Lipinski definition) is 2. The number of imidazole rings is 1. The third kappa shape index (κ3) is 7.09. The molecule has 3 rings (SSSR count). The van der Waals surface area contributed by atoms with Gasteiger partial charge < -0.3 is 19.9 Å². The van der Waals surface area contributed by atoms with Crippen LogP contribution in [0, 0.1) is 0 Å². The second-order valence-corrected chi connectivity index (χ2v) is 6.94. The third-order valence-corrected chi connectivity index (χ3v) is 4.96. The molecule has 0 amide bonds. The van der Waals surface area contributed by atoms with E-state index in [1.165, 1.54) is 37.7 Å². The van der Waals surface area contributed by atoms with Crippen LogP contribution in [0.3, 0.4) is 0 Å². The quantitative estimate of drug-likeness (QED) is 0.252. The summed E-state index contributed by atoms with van der Waals surface area (Å²) in [5.41, 5.74) is 2.32. The highest BCUT2D eigenvalue weighted by atomic mass is 127. The van der Waals surface area contributed by atoms with Crippen molar-refractivity contribution in [1.82, 2.24) is 20.2 Å². The van der Waals surface area contributed by atoms with E-state index in [1.807, 2.05) is 23.2 Å². The van der Waals surface area contributed by atoms with Crippen molar-refractivity contribution in [3.8, 4) is 5.69 Å². The topological polar surface area (TPSA) is 63.5 Å². The van der Waals surface area contributed by atoms with Crippen LogP contribution in [0.1, 0.15) is 44.1 Å². The Hall–Kier alpha value is -1.61. The van der Waals surface area contributed by atoms with Crippen molar-refractivity contribution < 1.29 is 4.74 Å². The second-order valence-electron chi connectivity index (χ2n) is 6.94. The number of para-hydroxylation sites is 1. The van der Waals surface area contributed by atoms with Crippen molar-refractivity contribution in [2.75, 3.05) is 20.2 Å². The van der Waals surface area contributed by atoms with E-state index in [4.69, 9.17) is 4.74 Å². The zero-order valence-corrected chi connectivity index (χ0v) is 19.0.